The molecular weight excluding hydrogens is 348 g/mol. The minimum atomic E-state index is -0.0185. The lowest BCUT2D eigenvalue weighted by Gasteiger charge is -2.16. The molecule has 112 valence electrons. The molecule has 0 bridgehead atoms. The van der Waals surface area contributed by atoms with Gasteiger partial charge in [0.15, 0.2) is 0 Å². The number of carbonyl (C=O) groups is 1. The highest BCUT2D eigenvalue weighted by Gasteiger charge is 2.12. The average molecular weight is 367 g/mol. The van der Waals surface area contributed by atoms with Crippen molar-refractivity contribution in [3.8, 4) is 0 Å². The van der Waals surface area contributed by atoms with E-state index in [1.807, 2.05) is 30.3 Å². The third-order valence-electron chi connectivity index (χ3n) is 3.10. The lowest BCUT2D eigenvalue weighted by atomic mass is 10.1. The highest BCUT2D eigenvalue weighted by atomic mass is 79.9. The van der Waals surface area contributed by atoms with Gasteiger partial charge in [0.25, 0.3) is 0 Å². The molecule has 2 N–H and O–H groups in total. The summed E-state index contributed by atoms with van der Waals surface area (Å²) in [6, 6.07) is 12.0. The van der Waals surface area contributed by atoms with Crippen LogP contribution in [0.3, 0.4) is 0 Å². The van der Waals surface area contributed by atoms with E-state index in [4.69, 9.17) is 0 Å². The van der Waals surface area contributed by atoms with E-state index in [1.54, 1.807) is 11.3 Å². The van der Waals surface area contributed by atoms with E-state index in [1.165, 1.54) is 4.88 Å². The van der Waals surface area contributed by atoms with E-state index >= 15 is 0 Å². The molecule has 1 aromatic carbocycles. The van der Waals surface area contributed by atoms with E-state index < -0.39 is 0 Å². The molecule has 21 heavy (non-hydrogen) atoms. The summed E-state index contributed by atoms with van der Waals surface area (Å²) in [5.41, 5.74) is 0.813. The van der Waals surface area contributed by atoms with Gasteiger partial charge in [-0.2, -0.15) is 0 Å². The predicted octanol–water partition coefficient (Wildman–Crippen LogP) is 4.58. The first kappa shape index (κ1) is 16.2. The second kappa shape index (κ2) is 8.32. The van der Waals surface area contributed by atoms with E-state index in [-0.39, 0.29) is 11.9 Å². The van der Waals surface area contributed by atoms with E-state index in [0.717, 1.165) is 23.0 Å². The van der Waals surface area contributed by atoms with Gasteiger partial charge in [0, 0.05) is 21.1 Å². The minimum Gasteiger partial charge on any atom is -0.325 e. The van der Waals surface area contributed by atoms with Crippen molar-refractivity contribution in [2.24, 2.45) is 0 Å². The van der Waals surface area contributed by atoms with Crippen LogP contribution in [0.15, 0.2) is 46.3 Å². The zero-order chi connectivity index (χ0) is 15.1. The van der Waals surface area contributed by atoms with Crippen LogP contribution < -0.4 is 10.6 Å². The van der Waals surface area contributed by atoms with Crippen LogP contribution in [0.25, 0.3) is 0 Å². The number of hydrogen-bond acceptors (Lipinski definition) is 3. The van der Waals surface area contributed by atoms with Crippen molar-refractivity contribution in [2.75, 3.05) is 11.9 Å². The van der Waals surface area contributed by atoms with Crippen LogP contribution in [0.4, 0.5) is 5.69 Å². The number of anilines is 1. The van der Waals surface area contributed by atoms with E-state index in [0.29, 0.717) is 6.54 Å². The number of halogens is 1. The summed E-state index contributed by atoms with van der Waals surface area (Å²) in [4.78, 5) is 13.3. The Balaban J connectivity index is 1.85. The molecule has 1 amide bonds. The number of thiophene rings is 1. The van der Waals surface area contributed by atoms with Crippen LogP contribution in [0.1, 0.15) is 30.7 Å². The summed E-state index contributed by atoms with van der Waals surface area (Å²) in [5, 5.41) is 8.31. The molecule has 1 unspecified atom stereocenters. The maximum absolute atomic E-state index is 12.0. The van der Waals surface area contributed by atoms with Crippen LogP contribution >= 0.6 is 27.3 Å². The van der Waals surface area contributed by atoms with Gasteiger partial charge in [-0.25, -0.2) is 0 Å². The number of benzene rings is 1. The van der Waals surface area contributed by atoms with Crippen molar-refractivity contribution in [2.45, 2.75) is 25.8 Å². The first-order chi connectivity index (χ1) is 10.2. The van der Waals surface area contributed by atoms with Gasteiger partial charge in [-0.1, -0.05) is 35.3 Å². The van der Waals surface area contributed by atoms with Crippen LogP contribution in [0.5, 0.6) is 0 Å². The van der Waals surface area contributed by atoms with Gasteiger partial charge in [-0.15, -0.1) is 11.3 Å². The number of hydrogen-bond donors (Lipinski definition) is 2. The van der Waals surface area contributed by atoms with Crippen LogP contribution in [0.2, 0.25) is 0 Å². The third kappa shape index (κ3) is 5.26. The Morgan fingerprint density at radius 3 is 2.67 bits per heavy atom. The lowest BCUT2D eigenvalue weighted by Crippen LogP contribution is -2.31. The standard InChI is InChI=1S/C16H19BrN2OS/c1-2-4-14(15-5-3-10-21-15)18-11-16(20)19-13-8-6-12(17)7-9-13/h3,5-10,14,18H,2,4,11H2,1H3,(H,19,20). The van der Waals surface area contributed by atoms with Gasteiger partial charge < -0.3 is 10.6 Å². The maximum Gasteiger partial charge on any atom is 0.238 e. The fourth-order valence-electron chi connectivity index (χ4n) is 2.08. The molecule has 0 saturated carbocycles. The molecule has 0 spiro atoms. The second-order valence-corrected chi connectivity index (χ2v) is 6.69. The Morgan fingerprint density at radius 1 is 1.29 bits per heavy atom. The molecule has 0 saturated heterocycles. The third-order valence-corrected chi connectivity index (χ3v) is 4.62. The van der Waals surface area contributed by atoms with Gasteiger partial charge in [0.05, 0.1) is 6.54 Å². The summed E-state index contributed by atoms with van der Waals surface area (Å²) in [7, 11) is 0. The first-order valence-electron chi connectivity index (χ1n) is 7.01. The summed E-state index contributed by atoms with van der Waals surface area (Å²) >= 11 is 5.11. The van der Waals surface area contributed by atoms with Crippen molar-refractivity contribution in [3.63, 3.8) is 0 Å². The van der Waals surface area contributed by atoms with Crippen LogP contribution in [-0.4, -0.2) is 12.5 Å². The Hall–Kier alpha value is -1.17. The van der Waals surface area contributed by atoms with Crippen molar-refractivity contribution < 1.29 is 4.79 Å². The monoisotopic (exact) mass is 366 g/mol. The van der Waals surface area contributed by atoms with E-state index in [9.17, 15) is 4.79 Å². The molecule has 2 rings (SSSR count). The highest BCUT2D eigenvalue weighted by Crippen LogP contribution is 2.23. The quantitative estimate of drug-likeness (QED) is 0.752. The molecule has 0 aliphatic rings. The Labute approximate surface area is 137 Å². The smallest absolute Gasteiger partial charge is 0.238 e. The molecule has 3 nitrogen and oxygen atoms in total. The van der Waals surface area contributed by atoms with Gasteiger partial charge >= 0.3 is 0 Å². The molecule has 1 heterocycles. The molecular formula is C16H19BrN2OS. The number of nitrogens with one attached hydrogen (secondary N) is 2. The van der Waals surface area contributed by atoms with Crippen molar-refractivity contribution in [3.05, 3.63) is 51.1 Å². The Morgan fingerprint density at radius 2 is 2.05 bits per heavy atom. The molecule has 0 aliphatic heterocycles. The first-order valence-corrected chi connectivity index (χ1v) is 8.68. The maximum atomic E-state index is 12.0. The minimum absolute atomic E-state index is 0.0185. The summed E-state index contributed by atoms with van der Waals surface area (Å²) < 4.78 is 0.999. The number of carbonyl (C=O) groups excluding carboxylic acids is 1. The summed E-state index contributed by atoms with van der Waals surface area (Å²) in [6.45, 7) is 2.48. The second-order valence-electron chi connectivity index (χ2n) is 4.79. The summed E-state index contributed by atoms with van der Waals surface area (Å²) in [5.74, 6) is -0.0185. The van der Waals surface area contributed by atoms with Crippen molar-refractivity contribution in [1.82, 2.24) is 5.32 Å². The largest absolute Gasteiger partial charge is 0.325 e. The van der Waals surface area contributed by atoms with Gasteiger partial charge in [0.2, 0.25) is 5.91 Å². The molecule has 1 aromatic heterocycles. The lowest BCUT2D eigenvalue weighted by molar-refractivity contribution is -0.115. The molecule has 0 radical (unpaired) electrons. The molecule has 2 aromatic rings. The molecule has 5 heteroatoms. The Kier molecular flexibility index (Phi) is 6.42. The molecule has 0 aliphatic carbocycles. The molecule has 1 atom stereocenters. The zero-order valence-corrected chi connectivity index (χ0v) is 14.3. The van der Waals surface area contributed by atoms with E-state index in [2.05, 4.69) is 44.9 Å². The topological polar surface area (TPSA) is 41.1 Å². The highest BCUT2D eigenvalue weighted by molar-refractivity contribution is 9.10. The van der Waals surface area contributed by atoms with Crippen LogP contribution in [0, 0.1) is 0 Å². The van der Waals surface area contributed by atoms with Crippen molar-refractivity contribution >= 4 is 38.9 Å². The zero-order valence-electron chi connectivity index (χ0n) is 11.9. The molecule has 0 fully saturated rings. The average Bonchev–Trinajstić information content (AvgIpc) is 3.00. The van der Waals surface area contributed by atoms with Gasteiger partial charge in [-0.3, -0.25) is 4.79 Å². The van der Waals surface area contributed by atoms with Gasteiger partial charge in [0.1, 0.15) is 0 Å². The predicted molar refractivity (Wildman–Crippen MR) is 92.7 cm³/mol. The fraction of sp³-hybridized carbons (Fsp3) is 0.312. The number of amides is 1. The summed E-state index contributed by atoms with van der Waals surface area (Å²) in [6.07, 6.45) is 2.12. The van der Waals surface area contributed by atoms with Crippen LogP contribution in [-0.2, 0) is 4.79 Å². The van der Waals surface area contributed by atoms with Gasteiger partial charge in [-0.05, 0) is 42.1 Å². The fourth-order valence-corrected chi connectivity index (χ4v) is 3.18. The Bertz CT molecular complexity index is 554. The normalized spacial score (nSPS) is 12.1. The SMILES string of the molecule is CCCC(NCC(=O)Nc1ccc(Br)cc1)c1cccs1. The van der Waals surface area contributed by atoms with Crippen molar-refractivity contribution in [1.29, 1.82) is 0 Å². The number of rotatable bonds is 7.